The molecule has 0 bridgehead atoms. The first-order chi connectivity index (χ1) is 9.26. The number of ether oxygens (including phenoxy) is 2. The van der Waals surface area contributed by atoms with Gasteiger partial charge in [-0.3, -0.25) is 0 Å². The van der Waals surface area contributed by atoms with Crippen molar-refractivity contribution in [2.45, 2.75) is 6.54 Å². The van der Waals surface area contributed by atoms with Gasteiger partial charge in [0.05, 0.1) is 32.0 Å². The van der Waals surface area contributed by atoms with Crippen molar-refractivity contribution in [2.24, 2.45) is 0 Å². The average Bonchev–Trinajstić information content (AvgIpc) is 2.46. The highest BCUT2D eigenvalue weighted by Crippen LogP contribution is 2.25. The molecular formula is C12H13ClN4O2. The Balaban J connectivity index is 2.21. The fourth-order valence-corrected chi connectivity index (χ4v) is 1.77. The molecule has 0 atom stereocenters. The lowest BCUT2D eigenvalue weighted by atomic mass is 10.3. The van der Waals surface area contributed by atoms with E-state index in [1.165, 1.54) is 6.33 Å². The molecule has 0 aliphatic carbocycles. The molecule has 0 saturated heterocycles. The van der Waals surface area contributed by atoms with Gasteiger partial charge in [-0.2, -0.15) is 0 Å². The van der Waals surface area contributed by atoms with Crippen LogP contribution in [0.2, 0.25) is 5.15 Å². The number of methoxy groups -OCH3 is 2. The second-order valence-corrected chi connectivity index (χ2v) is 3.92. The van der Waals surface area contributed by atoms with Gasteiger partial charge >= 0.3 is 0 Å². The van der Waals surface area contributed by atoms with Crippen molar-refractivity contribution in [3.8, 4) is 11.8 Å². The zero-order valence-electron chi connectivity index (χ0n) is 10.6. The Morgan fingerprint density at radius 2 is 1.84 bits per heavy atom. The van der Waals surface area contributed by atoms with Crippen molar-refractivity contribution in [3.63, 3.8) is 0 Å². The second kappa shape index (κ2) is 6.19. The van der Waals surface area contributed by atoms with Crippen LogP contribution >= 0.6 is 11.6 Å². The maximum Gasteiger partial charge on any atom is 0.225 e. The number of hydrogen-bond acceptors (Lipinski definition) is 6. The van der Waals surface area contributed by atoms with Crippen molar-refractivity contribution in [1.82, 2.24) is 15.0 Å². The molecule has 6 nitrogen and oxygen atoms in total. The number of halogens is 1. The molecule has 2 heterocycles. The SMILES string of the molecule is COc1ncnc(OC)c1CNc1cccnc1Cl. The summed E-state index contributed by atoms with van der Waals surface area (Å²) in [6.45, 7) is 0.415. The topological polar surface area (TPSA) is 69.2 Å². The lowest BCUT2D eigenvalue weighted by Gasteiger charge is -2.12. The van der Waals surface area contributed by atoms with Crippen LogP contribution in [0.1, 0.15) is 5.56 Å². The molecule has 0 aromatic carbocycles. The van der Waals surface area contributed by atoms with E-state index < -0.39 is 0 Å². The van der Waals surface area contributed by atoms with Crippen molar-refractivity contribution < 1.29 is 9.47 Å². The smallest absolute Gasteiger partial charge is 0.225 e. The van der Waals surface area contributed by atoms with Crippen LogP contribution in [0, 0.1) is 0 Å². The Morgan fingerprint density at radius 1 is 1.16 bits per heavy atom. The van der Waals surface area contributed by atoms with E-state index >= 15 is 0 Å². The summed E-state index contributed by atoms with van der Waals surface area (Å²) in [4.78, 5) is 12.1. The van der Waals surface area contributed by atoms with E-state index in [0.717, 1.165) is 5.69 Å². The first kappa shape index (κ1) is 13.4. The molecule has 19 heavy (non-hydrogen) atoms. The number of pyridine rings is 1. The van der Waals surface area contributed by atoms with Crippen molar-refractivity contribution in [3.05, 3.63) is 35.4 Å². The van der Waals surface area contributed by atoms with Crippen LogP contribution in [0.15, 0.2) is 24.7 Å². The lowest BCUT2D eigenvalue weighted by molar-refractivity contribution is 0.363. The summed E-state index contributed by atoms with van der Waals surface area (Å²) in [6, 6.07) is 3.63. The fraction of sp³-hybridized carbons (Fsp3) is 0.250. The third-order valence-electron chi connectivity index (χ3n) is 2.47. The van der Waals surface area contributed by atoms with Crippen LogP contribution in [0.25, 0.3) is 0 Å². The van der Waals surface area contributed by atoms with Gasteiger partial charge in [-0.1, -0.05) is 11.6 Å². The number of anilines is 1. The second-order valence-electron chi connectivity index (χ2n) is 3.57. The van der Waals surface area contributed by atoms with Crippen LogP contribution in [-0.4, -0.2) is 29.2 Å². The summed E-state index contributed by atoms with van der Waals surface area (Å²) in [5, 5.41) is 3.54. The number of hydrogen-bond donors (Lipinski definition) is 1. The first-order valence-corrected chi connectivity index (χ1v) is 5.90. The summed E-state index contributed by atoms with van der Waals surface area (Å²) in [5.74, 6) is 0.915. The van der Waals surface area contributed by atoms with Crippen LogP contribution in [-0.2, 0) is 6.54 Å². The Kier molecular flexibility index (Phi) is 4.35. The zero-order valence-corrected chi connectivity index (χ0v) is 11.3. The molecule has 2 rings (SSSR count). The van der Waals surface area contributed by atoms with Gasteiger partial charge in [-0.05, 0) is 12.1 Å². The molecule has 100 valence electrons. The van der Waals surface area contributed by atoms with Crippen LogP contribution in [0.5, 0.6) is 11.8 Å². The standard InChI is InChI=1S/C12H13ClN4O2/c1-18-11-8(12(19-2)17-7-16-11)6-15-9-4-3-5-14-10(9)13/h3-5,7,15H,6H2,1-2H3. The molecule has 0 fully saturated rings. The van der Waals surface area contributed by atoms with Crippen LogP contribution in [0.4, 0.5) is 5.69 Å². The van der Waals surface area contributed by atoms with Crippen LogP contribution < -0.4 is 14.8 Å². The van der Waals surface area contributed by atoms with Gasteiger partial charge < -0.3 is 14.8 Å². The summed E-state index contributed by atoms with van der Waals surface area (Å²) < 4.78 is 10.4. The Hall–Kier alpha value is -2.08. The van der Waals surface area contributed by atoms with E-state index in [1.54, 1.807) is 26.5 Å². The van der Waals surface area contributed by atoms with Gasteiger partial charge in [0.1, 0.15) is 6.33 Å². The highest BCUT2D eigenvalue weighted by atomic mass is 35.5. The minimum Gasteiger partial charge on any atom is -0.481 e. The Morgan fingerprint density at radius 3 is 2.42 bits per heavy atom. The van der Waals surface area contributed by atoms with Crippen molar-refractivity contribution >= 4 is 17.3 Å². The maximum absolute atomic E-state index is 5.97. The molecule has 7 heteroatoms. The molecule has 0 saturated carbocycles. The summed E-state index contributed by atoms with van der Waals surface area (Å²) in [6.07, 6.45) is 3.01. The average molecular weight is 281 g/mol. The predicted octanol–water partition coefficient (Wildman–Crippen LogP) is 2.15. The van der Waals surface area contributed by atoms with E-state index in [-0.39, 0.29) is 0 Å². The molecular weight excluding hydrogens is 268 g/mol. The monoisotopic (exact) mass is 280 g/mol. The Bertz CT molecular complexity index is 543. The van der Waals surface area contributed by atoms with Gasteiger partial charge in [0.15, 0.2) is 5.15 Å². The third kappa shape index (κ3) is 3.03. The van der Waals surface area contributed by atoms with Crippen LogP contribution in [0.3, 0.4) is 0 Å². The third-order valence-corrected chi connectivity index (χ3v) is 2.77. The van der Waals surface area contributed by atoms with Gasteiger partial charge in [0.25, 0.3) is 0 Å². The quantitative estimate of drug-likeness (QED) is 0.847. The Labute approximate surface area is 115 Å². The van der Waals surface area contributed by atoms with Gasteiger partial charge in [0, 0.05) is 6.20 Å². The summed E-state index contributed by atoms with van der Waals surface area (Å²) in [7, 11) is 3.09. The molecule has 0 radical (unpaired) electrons. The summed E-state index contributed by atoms with van der Waals surface area (Å²) >= 11 is 5.97. The minimum atomic E-state index is 0.400. The highest BCUT2D eigenvalue weighted by molar-refractivity contribution is 6.31. The molecule has 1 N–H and O–H groups in total. The molecule has 2 aromatic rings. The van der Waals surface area contributed by atoms with E-state index in [0.29, 0.717) is 29.0 Å². The number of aromatic nitrogens is 3. The highest BCUT2D eigenvalue weighted by Gasteiger charge is 2.13. The van der Waals surface area contributed by atoms with E-state index in [2.05, 4.69) is 20.3 Å². The van der Waals surface area contributed by atoms with E-state index in [4.69, 9.17) is 21.1 Å². The van der Waals surface area contributed by atoms with E-state index in [9.17, 15) is 0 Å². The number of nitrogens with one attached hydrogen (secondary N) is 1. The largest absolute Gasteiger partial charge is 0.481 e. The fourth-order valence-electron chi connectivity index (χ4n) is 1.59. The van der Waals surface area contributed by atoms with Gasteiger partial charge in [-0.15, -0.1) is 0 Å². The zero-order chi connectivity index (χ0) is 13.7. The van der Waals surface area contributed by atoms with Crippen molar-refractivity contribution in [2.75, 3.05) is 19.5 Å². The summed E-state index contributed by atoms with van der Waals surface area (Å²) in [5.41, 5.74) is 1.43. The predicted molar refractivity (Wildman–Crippen MR) is 71.7 cm³/mol. The molecule has 0 aliphatic heterocycles. The van der Waals surface area contributed by atoms with Gasteiger partial charge in [-0.25, -0.2) is 15.0 Å². The molecule has 0 aliphatic rings. The first-order valence-electron chi connectivity index (χ1n) is 5.52. The number of rotatable bonds is 5. The maximum atomic E-state index is 5.97. The molecule has 0 amide bonds. The molecule has 0 unspecified atom stereocenters. The van der Waals surface area contributed by atoms with Crippen molar-refractivity contribution in [1.29, 1.82) is 0 Å². The van der Waals surface area contributed by atoms with Gasteiger partial charge in [0.2, 0.25) is 11.8 Å². The normalized spacial score (nSPS) is 10.1. The minimum absolute atomic E-state index is 0.400. The number of nitrogens with zero attached hydrogens (tertiary/aromatic N) is 3. The van der Waals surface area contributed by atoms with E-state index in [1.807, 2.05) is 6.07 Å². The molecule has 2 aromatic heterocycles. The molecule has 0 spiro atoms. The lowest BCUT2D eigenvalue weighted by Crippen LogP contribution is -2.07.